The number of pyridine rings is 1. The van der Waals surface area contributed by atoms with Crippen LogP contribution in [-0.2, 0) is 11.8 Å². The number of carbonyl (C=O) groups excluding carboxylic acids is 1. The molecule has 146 valence electrons. The van der Waals surface area contributed by atoms with Gasteiger partial charge in [-0.3, -0.25) is 9.48 Å². The van der Waals surface area contributed by atoms with E-state index in [2.05, 4.69) is 28.7 Å². The number of anilines is 1. The van der Waals surface area contributed by atoms with E-state index >= 15 is 0 Å². The number of amides is 1. The number of hydrogen-bond donors (Lipinski definition) is 0. The topological polar surface area (TPSA) is 54.3 Å². The third-order valence-electron chi connectivity index (χ3n) is 6.83. The molecule has 2 aromatic heterocycles. The van der Waals surface area contributed by atoms with Crippen LogP contribution in [0.25, 0.3) is 11.3 Å². The predicted octanol–water partition coefficient (Wildman–Crippen LogP) is 2.83. The van der Waals surface area contributed by atoms with E-state index in [1.807, 2.05) is 29.0 Å². The van der Waals surface area contributed by atoms with Gasteiger partial charge in [0, 0.05) is 57.1 Å². The van der Waals surface area contributed by atoms with Crippen molar-refractivity contribution in [3.05, 3.63) is 42.7 Å². The molecule has 1 amide bonds. The number of nitrogens with zero attached hydrogens (tertiary/aromatic N) is 5. The molecule has 0 aromatic carbocycles. The van der Waals surface area contributed by atoms with Crippen LogP contribution in [0.15, 0.2) is 37.2 Å². The fraction of sp³-hybridized carbons (Fsp3) is 0.500. The van der Waals surface area contributed by atoms with Gasteiger partial charge in [-0.25, -0.2) is 4.98 Å². The van der Waals surface area contributed by atoms with Crippen molar-refractivity contribution >= 4 is 11.7 Å². The van der Waals surface area contributed by atoms with Gasteiger partial charge in [-0.15, -0.1) is 0 Å². The van der Waals surface area contributed by atoms with Crippen LogP contribution in [0.3, 0.4) is 0 Å². The second kappa shape index (κ2) is 6.76. The number of likely N-dealkylation sites (tertiary alicyclic amines) is 1. The Bertz CT molecular complexity index is 907. The van der Waals surface area contributed by atoms with E-state index < -0.39 is 0 Å². The largest absolute Gasteiger partial charge is 0.356 e. The summed E-state index contributed by atoms with van der Waals surface area (Å²) in [5.74, 6) is 3.08. The predicted molar refractivity (Wildman–Crippen MR) is 109 cm³/mol. The Morgan fingerprint density at radius 1 is 1.21 bits per heavy atom. The van der Waals surface area contributed by atoms with Crippen LogP contribution in [0.4, 0.5) is 5.82 Å². The lowest BCUT2D eigenvalue weighted by Gasteiger charge is -2.27. The van der Waals surface area contributed by atoms with Gasteiger partial charge < -0.3 is 9.80 Å². The van der Waals surface area contributed by atoms with E-state index in [0.29, 0.717) is 0 Å². The van der Waals surface area contributed by atoms with Crippen molar-refractivity contribution in [2.24, 2.45) is 18.9 Å². The Balaban J connectivity index is 1.48. The monoisotopic (exact) mass is 377 g/mol. The zero-order valence-corrected chi connectivity index (χ0v) is 16.4. The highest BCUT2D eigenvalue weighted by atomic mass is 16.2. The Hall–Kier alpha value is -2.63. The van der Waals surface area contributed by atoms with Gasteiger partial charge in [0.2, 0.25) is 5.91 Å². The van der Waals surface area contributed by atoms with Gasteiger partial charge in [-0.2, -0.15) is 5.10 Å². The minimum absolute atomic E-state index is 0.0130. The van der Waals surface area contributed by atoms with E-state index in [0.717, 1.165) is 61.5 Å². The summed E-state index contributed by atoms with van der Waals surface area (Å²) >= 11 is 0. The van der Waals surface area contributed by atoms with Crippen molar-refractivity contribution in [1.82, 2.24) is 19.7 Å². The molecule has 3 fully saturated rings. The van der Waals surface area contributed by atoms with Crippen molar-refractivity contribution in [1.29, 1.82) is 0 Å². The molecule has 1 unspecified atom stereocenters. The molecule has 28 heavy (non-hydrogen) atoms. The van der Waals surface area contributed by atoms with Crippen LogP contribution in [0, 0.1) is 11.8 Å². The molecule has 0 radical (unpaired) electrons. The van der Waals surface area contributed by atoms with Crippen molar-refractivity contribution in [2.45, 2.75) is 25.2 Å². The van der Waals surface area contributed by atoms with Crippen molar-refractivity contribution in [3.8, 4) is 11.3 Å². The molecule has 0 spiro atoms. The summed E-state index contributed by atoms with van der Waals surface area (Å²) in [5.41, 5.74) is 3.34. The van der Waals surface area contributed by atoms with E-state index in [-0.39, 0.29) is 11.8 Å². The first-order valence-electron chi connectivity index (χ1n) is 10.3. The minimum Gasteiger partial charge on any atom is -0.356 e. The molecule has 2 aliphatic heterocycles. The maximum absolute atomic E-state index is 12.0. The Morgan fingerprint density at radius 3 is 2.64 bits per heavy atom. The quantitative estimate of drug-likeness (QED) is 0.769. The van der Waals surface area contributed by atoms with Crippen molar-refractivity contribution < 1.29 is 4.79 Å². The van der Waals surface area contributed by atoms with Gasteiger partial charge in [0.05, 0.1) is 5.69 Å². The fourth-order valence-corrected chi connectivity index (χ4v) is 5.02. The van der Waals surface area contributed by atoms with Gasteiger partial charge in [-0.05, 0) is 54.9 Å². The Kier molecular flexibility index (Phi) is 4.22. The number of rotatable bonds is 4. The molecule has 2 saturated heterocycles. The van der Waals surface area contributed by atoms with Crippen LogP contribution in [-0.4, -0.2) is 51.8 Å². The summed E-state index contributed by atoms with van der Waals surface area (Å²) in [7, 11) is 1.95. The van der Waals surface area contributed by atoms with Crippen LogP contribution in [0.1, 0.15) is 30.7 Å². The molecule has 3 atom stereocenters. The Morgan fingerprint density at radius 2 is 2.00 bits per heavy atom. The summed E-state index contributed by atoms with van der Waals surface area (Å²) in [4.78, 5) is 21.2. The average molecular weight is 377 g/mol. The highest BCUT2D eigenvalue weighted by Crippen LogP contribution is 2.43. The van der Waals surface area contributed by atoms with Gasteiger partial charge in [0.25, 0.3) is 0 Å². The third kappa shape index (κ3) is 2.91. The average Bonchev–Trinajstić information content (AvgIpc) is 3.41. The van der Waals surface area contributed by atoms with Crippen LogP contribution < -0.4 is 4.90 Å². The number of carbonyl (C=O) groups is 1. The molecule has 6 nitrogen and oxygen atoms in total. The molecule has 3 aliphatic rings. The second-order valence-corrected chi connectivity index (χ2v) is 8.48. The molecule has 5 rings (SSSR count). The molecule has 1 aliphatic carbocycles. The highest BCUT2D eigenvalue weighted by molar-refractivity contribution is 5.87. The molecule has 1 saturated carbocycles. The molecule has 2 aromatic rings. The molecule has 4 heterocycles. The summed E-state index contributed by atoms with van der Waals surface area (Å²) < 4.78 is 1.84. The van der Waals surface area contributed by atoms with Crippen LogP contribution >= 0.6 is 0 Å². The number of aryl methyl sites for hydroxylation is 1. The number of hydrogen-bond acceptors (Lipinski definition) is 4. The van der Waals surface area contributed by atoms with Crippen molar-refractivity contribution in [3.63, 3.8) is 0 Å². The maximum atomic E-state index is 12.0. The zero-order valence-electron chi connectivity index (χ0n) is 16.4. The summed E-state index contributed by atoms with van der Waals surface area (Å²) in [5, 5.41) is 4.67. The lowest BCUT2D eigenvalue weighted by atomic mass is 9.77. The van der Waals surface area contributed by atoms with Crippen molar-refractivity contribution in [2.75, 3.05) is 31.1 Å². The lowest BCUT2D eigenvalue weighted by Crippen LogP contribution is -2.26. The van der Waals surface area contributed by atoms with Gasteiger partial charge in [0.1, 0.15) is 5.82 Å². The molecule has 6 heteroatoms. The van der Waals surface area contributed by atoms with E-state index in [4.69, 9.17) is 4.98 Å². The Labute approximate surface area is 165 Å². The third-order valence-corrected chi connectivity index (χ3v) is 6.83. The van der Waals surface area contributed by atoms with Crippen LogP contribution in [0.2, 0.25) is 0 Å². The number of fused-ring (bicyclic) bond motifs is 1. The van der Waals surface area contributed by atoms with Gasteiger partial charge >= 0.3 is 0 Å². The first-order valence-corrected chi connectivity index (χ1v) is 10.3. The van der Waals surface area contributed by atoms with E-state index in [9.17, 15) is 4.79 Å². The summed E-state index contributed by atoms with van der Waals surface area (Å²) in [6.07, 6.45) is 9.10. The molecular formula is C22H27N5O. The second-order valence-electron chi connectivity index (χ2n) is 8.48. The maximum Gasteiger partial charge on any atom is 0.245 e. The summed E-state index contributed by atoms with van der Waals surface area (Å²) in [6.45, 7) is 7.37. The SMILES string of the molecule is C=CC(=O)N1CCC(c2cnc(N3C[C@H]4CC[C@H]4C3)cc2-c2ccn(C)n2)C1. The number of aromatic nitrogens is 3. The normalized spacial score (nSPS) is 26.2. The lowest BCUT2D eigenvalue weighted by molar-refractivity contribution is -0.125. The van der Waals surface area contributed by atoms with Crippen LogP contribution in [0.5, 0.6) is 0 Å². The van der Waals surface area contributed by atoms with Gasteiger partial charge in [-0.1, -0.05) is 6.58 Å². The fourth-order valence-electron chi connectivity index (χ4n) is 5.02. The standard InChI is InChI=1S/C22H27N5O/c1-3-22(28)26-9-6-17(14-26)19-11-23-21(27-12-15-4-5-16(15)13-27)10-18(19)20-7-8-25(2)24-20/h3,7-8,10-11,15-17H,1,4-6,9,12-14H2,2H3/t15-,16+,17?. The highest BCUT2D eigenvalue weighted by Gasteiger charge is 2.40. The zero-order chi connectivity index (χ0) is 19.3. The minimum atomic E-state index is 0.0130. The first kappa shape index (κ1) is 17.5. The molecular weight excluding hydrogens is 350 g/mol. The van der Waals surface area contributed by atoms with E-state index in [1.54, 1.807) is 0 Å². The van der Waals surface area contributed by atoms with Gasteiger partial charge in [0.15, 0.2) is 0 Å². The first-order chi connectivity index (χ1) is 13.6. The smallest absolute Gasteiger partial charge is 0.245 e. The summed E-state index contributed by atoms with van der Waals surface area (Å²) in [6, 6.07) is 4.29. The molecule has 0 bridgehead atoms. The van der Waals surface area contributed by atoms with E-state index in [1.165, 1.54) is 24.5 Å². The molecule has 0 N–H and O–H groups in total.